The highest BCUT2D eigenvalue weighted by Gasteiger charge is 2.21. The van der Waals surface area contributed by atoms with Gasteiger partial charge in [-0.1, -0.05) is 19.9 Å². The molecule has 0 fully saturated rings. The van der Waals surface area contributed by atoms with E-state index < -0.39 is 0 Å². The van der Waals surface area contributed by atoms with Crippen molar-refractivity contribution in [2.24, 2.45) is 11.7 Å². The van der Waals surface area contributed by atoms with E-state index in [1.165, 1.54) is 0 Å². The molecule has 0 aliphatic heterocycles. The maximum absolute atomic E-state index is 11.2. The number of ether oxygens (including phenoxy) is 1. The second-order valence-corrected chi connectivity index (χ2v) is 5.39. The minimum Gasteiger partial charge on any atom is -0.507 e. The lowest BCUT2D eigenvalue weighted by atomic mass is 10.0. The van der Waals surface area contributed by atoms with Crippen LogP contribution in [-0.4, -0.2) is 36.1 Å². The molecule has 1 aromatic carbocycles. The Morgan fingerprint density at radius 2 is 2.05 bits per heavy atom. The van der Waals surface area contributed by atoms with Gasteiger partial charge >= 0.3 is 0 Å². The third-order valence-corrected chi connectivity index (χ3v) is 3.19. The van der Waals surface area contributed by atoms with Crippen molar-refractivity contribution in [2.75, 3.05) is 20.2 Å². The van der Waals surface area contributed by atoms with Crippen LogP contribution in [0.3, 0.4) is 0 Å². The molecule has 0 spiro atoms. The molecule has 0 heterocycles. The molecule has 1 atom stereocenters. The van der Waals surface area contributed by atoms with Crippen molar-refractivity contribution in [3.63, 3.8) is 0 Å². The van der Waals surface area contributed by atoms with E-state index >= 15 is 0 Å². The van der Waals surface area contributed by atoms with Crippen LogP contribution in [0.1, 0.15) is 32.4 Å². The van der Waals surface area contributed by atoms with Crippen LogP contribution in [-0.2, 0) is 4.79 Å². The third-order valence-electron chi connectivity index (χ3n) is 3.19. The van der Waals surface area contributed by atoms with Crippen LogP contribution < -0.4 is 10.5 Å². The van der Waals surface area contributed by atoms with Gasteiger partial charge < -0.3 is 15.6 Å². The second kappa shape index (κ2) is 7.14. The first-order valence-electron chi connectivity index (χ1n) is 6.74. The molecule has 0 radical (unpaired) electrons. The van der Waals surface area contributed by atoms with E-state index in [4.69, 9.17) is 10.5 Å². The molecule has 1 amide bonds. The lowest BCUT2D eigenvalue weighted by Crippen LogP contribution is -2.38. The summed E-state index contributed by atoms with van der Waals surface area (Å²) in [7, 11) is 1.55. The van der Waals surface area contributed by atoms with Crippen LogP contribution in [0.5, 0.6) is 11.5 Å². The first-order valence-corrected chi connectivity index (χ1v) is 6.74. The maximum atomic E-state index is 11.2. The van der Waals surface area contributed by atoms with Gasteiger partial charge in [-0.05, 0) is 18.9 Å². The molecule has 0 aliphatic carbocycles. The van der Waals surface area contributed by atoms with Crippen molar-refractivity contribution in [1.29, 1.82) is 0 Å². The largest absolute Gasteiger partial charge is 0.507 e. The molecule has 0 aliphatic rings. The molecule has 112 valence electrons. The predicted octanol–water partition coefficient (Wildman–Crippen LogP) is 1.91. The van der Waals surface area contributed by atoms with E-state index in [2.05, 4.69) is 13.8 Å². The minimum atomic E-state index is -0.370. The van der Waals surface area contributed by atoms with E-state index in [9.17, 15) is 9.90 Å². The zero-order valence-corrected chi connectivity index (χ0v) is 12.6. The van der Waals surface area contributed by atoms with Crippen molar-refractivity contribution in [1.82, 2.24) is 4.90 Å². The van der Waals surface area contributed by atoms with Crippen molar-refractivity contribution in [3.05, 3.63) is 23.8 Å². The minimum absolute atomic E-state index is 0.101. The van der Waals surface area contributed by atoms with Crippen molar-refractivity contribution < 1.29 is 14.6 Å². The molecule has 5 nitrogen and oxygen atoms in total. The summed E-state index contributed by atoms with van der Waals surface area (Å²) in [5, 5.41) is 10.1. The highest BCUT2D eigenvalue weighted by atomic mass is 16.5. The van der Waals surface area contributed by atoms with Gasteiger partial charge in [-0.25, -0.2) is 0 Å². The van der Waals surface area contributed by atoms with Crippen LogP contribution in [0.25, 0.3) is 0 Å². The SMILES string of the molecule is COc1ccc(C(C)N(CC(N)=O)CC(C)C)c(O)c1. The van der Waals surface area contributed by atoms with Gasteiger partial charge in [-0.3, -0.25) is 9.69 Å². The summed E-state index contributed by atoms with van der Waals surface area (Å²) in [6.45, 7) is 7.01. The zero-order valence-electron chi connectivity index (χ0n) is 12.6. The molecule has 3 N–H and O–H groups in total. The highest BCUT2D eigenvalue weighted by molar-refractivity contribution is 5.76. The number of phenols is 1. The van der Waals surface area contributed by atoms with Crippen LogP contribution in [0.15, 0.2) is 18.2 Å². The van der Waals surface area contributed by atoms with Crippen molar-refractivity contribution in [3.8, 4) is 11.5 Å². The molecule has 1 aromatic rings. The van der Waals surface area contributed by atoms with Gasteiger partial charge in [0.15, 0.2) is 0 Å². The molecular weight excluding hydrogens is 256 g/mol. The fraction of sp³-hybridized carbons (Fsp3) is 0.533. The number of benzene rings is 1. The Balaban J connectivity index is 2.98. The normalized spacial score (nSPS) is 12.7. The molecule has 0 saturated carbocycles. The molecule has 0 aromatic heterocycles. The first kappa shape index (κ1) is 16.3. The second-order valence-electron chi connectivity index (χ2n) is 5.39. The summed E-state index contributed by atoms with van der Waals surface area (Å²) in [5.74, 6) is 0.793. The number of carbonyl (C=O) groups excluding carboxylic acids is 1. The Kier molecular flexibility index (Phi) is 5.82. The Morgan fingerprint density at radius 1 is 1.40 bits per heavy atom. The van der Waals surface area contributed by atoms with Gasteiger partial charge in [-0.15, -0.1) is 0 Å². The Hall–Kier alpha value is -1.75. The summed E-state index contributed by atoms with van der Waals surface area (Å²) in [5.41, 5.74) is 6.06. The van der Waals surface area contributed by atoms with Crippen LogP contribution >= 0.6 is 0 Å². The topological polar surface area (TPSA) is 75.8 Å². The predicted molar refractivity (Wildman–Crippen MR) is 78.7 cm³/mol. The number of primary amides is 1. The molecule has 1 rings (SSSR count). The molecule has 5 heteroatoms. The summed E-state index contributed by atoms with van der Waals surface area (Å²) in [6.07, 6.45) is 0. The average Bonchev–Trinajstić information content (AvgIpc) is 2.35. The Bertz CT molecular complexity index is 460. The van der Waals surface area contributed by atoms with Gasteiger partial charge in [0.2, 0.25) is 5.91 Å². The summed E-state index contributed by atoms with van der Waals surface area (Å²) in [4.78, 5) is 13.2. The van der Waals surface area contributed by atoms with Crippen LogP contribution in [0, 0.1) is 5.92 Å². The number of phenolic OH excluding ortho intramolecular Hbond substituents is 1. The number of amides is 1. The van der Waals surface area contributed by atoms with Gasteiger partial charge in [0, 0.05) is 24.2 Å². The van der Waals surface area contributed by atoms with Gasteiger partial charge in [0.1, 0.15) is 11.5 Å². The molecule has 0 bridgehead atoms. The number of hydrogen-bond donors (Lipinski definition) is 2. The summed E-state index contributed by atoms with van der Waals surface area (Å²) < 4.78 is 5.07. The number of methoxy groups -OCH3 is 1. The lowest BCUT2D eigenvalue weighted by Gasteiger charge is -2.30. The highest BCUT2D eigenvalue weighted by Crippen LogP contribution is 2.31. The first-order chi connectivity index (χ1) is 9.35. The number of hydrogen-bond acceptors (Lipinski definition) is 4. The van der Waals surface area contributed by atoms with E-state index in [0.29, 0.717) is 11.7 Å². The van der Waals surface area contributed by atoms with Crippen molar-refractivity contribution >= 4 is 5.91 Å². The lowest BCUT2D eigenvalue weighted by molar-refractivity contribution is -0.119. The number of nitrogens with zero attached hydrogens (tertiary/aromatic N) is 1. The van der Waals surface area contributed by atoms with Crippen LogP contribution in [0.2, 0.25) is 0 Å². The monoisotopic (exact) mass is 280 g/mol. The van der Waals surface area contributed by atoms with Gasteiger partial charge in [-0.2, -0.15) is 0 Å². The van der Waals surface area contributed by atoms with E-state index in [1.54, 1.807) is 19.2 Å². The number of aromatic hydroxyl groups is 1. The standard InChI is InChI=1S/C15H24N2O3/c1-10(2)8-17(9-15(16)19)11(3)13-6-5-12(20-4)7-14(13)18/h5-7,10-11,18H,8-9H2,1-4H3,(H2,16,19). The van der Waals surface area contributed by atoms with E-state index in [0.717, 1.165) is 12.1 Å². The van der Waals surface area contributed by atoms with Crippen molar-refractivity contribution in [2.45, 2.75) is 26.8 Å². The van der Waals surface area contributed by atoms with E-state index in [-0.39, 0.29) is 24.2 Å². The van der Waals surface area contributed by atoms with Gasteiger partial charge in [0.25, 0.3) is 0 Å². The average molecular weight is 280 g/mol. The van der Waals surface area contributed by atoms with E-state index in [1.807, 2.05) is 17.9 Å². The molecular formula is C15H24N2O3. The van der Waals surface area contributed by atoms with Gasteiger partial charge in [0.05, 0.1) is 13.7 Å². The molecule has 0 saturated heterocycles. The Labute approximate surface area is 120 Å². The fourth-order valence-corrected chi connectivity index (χ4v) is 2.23. The fourth-order valence-electron chi connectivity index (χ4n) is 2.23. The summed E-state index contributed by atoms with van der Waals surface area (Å²) in [6, 6.07) is 5.08. The maximum Gasteiger partial charge on any atom is 0.231 e. The van der Waals surface area contributed by atoms with Crippen LogP contribution in [0.4, 0.5) is 0 Å². The summed E-state index contributed by atoms with van der Waals surface area (Å²) >= 11 is 0. The Morgan fingerprint density at radius 3 is 2.50 bits per heavy atom. The molecule has 20 heavy (non-hydrogen) atoms. The smallest absolute Gasteiger partial charge is 0.231 e. The zero-order chi connectivity index (χ0) is 15.3. The number of nitrogens with two attached hydrogens (primary N) is 1. The number of carbonyl (C=O) groups is 1. The quantitative estimate of drug-likeness (QED) is 0.800. The molecule has 1 unspecified atom stereocenters. The number of rotatable bonds is 7. The third kappa shape index (κ3) is 4.42.